The summed E-state index contributed by atoms with van der Waals surface area (Å²) in [4.78, 5) is 145. The molecule has 1 unspecified atom stereocenters. The van der Waals surface area contributed by atoms with Gasteiger partial charge in [0.05, 0.1) is 31.1 Å². The number of nitrogens with two attached hydrogens (primary N) is 8. The first kappa shape index (κ1) is 73.6. The van der Waals surface area contributed by atoms with E-state index in [1.807, 2.05) is 0 Å². The molecule has 2 rings (SSSR count). The largest absolute Gasteiger partial charge is 0.389 e. The number of aromatic nitrogens is 2. The van der Waals surface area contributed by atoms with Crippen LogP contribution in [0.5, 0.6) is 0 Å². The summed E-state index contributed by atoms with van der Waals surface area (Å²) in [6, 6.07) is -11.6. The van der Waals surface area contributed by atoms with Gasteiger partial charge in [0.15, 0.2) is 0 Å². The van der Waals surface area contributed by atoms with E-state index in [2.05, 4.69) is 57.8 Å². The number of carbonyl (C=O) groups is 10. The van der Waals surface area contributed by atoms with Gasteiger partial charge in [-0.25, -0.2) is 4.98 Å². The van der Waals surface area contributed by atoms with Crippen LogP contribution in [0.3, 0.4) is 0 Å². The molecule has 28 N–H and O–H groups in total. The Kier molecular flexibility index (Phi) is 36.4. The van der Waals surface area contributed by atoms with Crippen molar-refractivity contribution in [1.29, 1.82) is 0 Å². The summed E-state index contributed by atoms with van der Waals surface area (Å²) in [7, 11) is 0. The van der Waals surface area contributed by atoms with Crippen LogP contribution in [0.4, 0.5) is 0 Å². The maximum Gasteiger partial charge on any atom is 0.246 e. The molecule has 0 aromatic carbocycles. The number of rotatable bonds is 44. The van der Waals surface area contributed by atoms with Crippen LogP contribution < -0.4 is 93.7 Å². The molecule has 0 radical (unpaired) electrons. The molecule has 32 nitrogen and oxygen atoms in total. The molecule has 1 aliphatic rings. The van der Waals surface area contributed by atoms with Gasteiger partial charge < -0.3 is 114 Å². The fraction of sp³-hybridized carbons (Fsp3) is 0.750. The highest BCUT2D eigenvalue weighted by molar-refractivity contribution is 5.98. The Hall–Kier alpha value is -6.49. The lowest BCUT2D eigenvalue weighted by Crippen LogP contribution is -2.63. The monoisotopic (exact) mass is 1190 g/mol. The molecule has 10 amide bonds. The first-order valence-corrected chi connectivity index (χ1v) is 29.2. The molecule has 0 saturated carbocycles. The average molecular weight is 1200 g/mol. The highest BCUT2D eigenvalue weighted by Gasteiger charge is 2.40. The van der Waals surface area contributed by atoms with Crippen LogP contribution in [0.25, 0.3) is 0 Å². The first-order chi connectivity index (χ1) is 40.2. The van der Waals surface area contributed by atoms with Crippen LogP contribution in [0.1, 0.15) is 115 Å². The van der Waals surface area contributed by atoms with Crippen LogP contribution in [0.15, 0.2) is 12.5 Å². The summed E-state index contributed by atoms with van der Waals surface area (Å²) in [5.41, 5.74) is 46.0. The Morgan fingerprint density at radius 2 is 1.08 bits per heavy atom. The number of imidazole rings is 1. The Morgan fingerprint density at radius 1 is 0.571 bits per heavy atom. The van der Waals surface area contributed by atoms with Crippen LogP contribution >= 0.6 is 0 Å². The zero-order valence-electron chi connectivity index (χ0n) is 48.6. The zero-order chi connectivity index (χ0) is 62.6. The smallest absolute Gasteiger partial charge is 0.246 e. The van der Waals surface area contributed by atoms with E-state index >= 15 is 0 Å². The second-order valence-electron chi connectivity index (χ2n) is 20.7. The average Bonchev–Trinajstić information content (AvgIpc) is 4.39. The number of nitrogens with zero attached hydrogens (tertiary/aromatic N) is 2. The third-order valence-corrected chi connectivity index (χ3v) is 14.1. The van der Waals surface area contributed by atoms with Gasteiger partial charge in [-0.05, 0) is 129 Å². The standard InChI is InChI=1S/C52H98N20O12/c1-2-33(46(78)67-34(14-4-7-19-54)45(77)62-23-10-9-21-56)66-47(79)35(15-5-8-20-55)68-48(80)37(25-31-28-61-30-64-31)69-49(81)38-17-12-24-72(38)52(84)36(16-11-22-57)65-41(75)29-63-50(82)42(39(73)26-58)71-51(83)43(40(74)27-59)70-44(76)32(60)13-3-6-18-53/h28,30,32-40,42-43,73-74H,2-27,29,53-60H2,1H3,(H,61,64)(H,62,77)(H,63,82)(H,65,75)(H,66,79)(H,67,78)(H,68,80)(H,69,81)(H,70,76)(H,71,83)/t32-,33?,34-,35-,36+,37-,38-,39-,40-,42-,43-/m0/s1. The van der Waals surface area contributed by atoms with Gasteiger partial charge in [0, 0.05) is 44.5 Å². The van der Waals surface area contributed by atoms with Crippen molar-refractivity contribution in [2.45, 2.75) is 183 Å². The molecule has 84 heavy (non-hydrogen) atoms. The predicted octanol–water partition coefficient (Wildman–Crippen LogP) is -8.19. The zero-order valence-corrected chi connectivity index (χ0v) is 48.6. The van der Waals surface area contributed by atoms with Crippen molar-refractivity contribution in [3.63, 3.8) is 0 Å². The van der Waals surface area contributed by atoms with Crippen molar-refractivity contribution >= 4 is 59.1 Å². The van der Waals surface area contributed by atoms with Crippen molar-refractivity contribution in [2.75, 3.05) is 65.4 Å². The summed E-state index contributed by atoms with van der Waals surface area (Å²) in [6.07, 6.45) is 5.24. The maximum absolute atomic E-state index is 14.4. The van der Waals surface area contributed by atoms with Gasteiger partial charge in [0.25, 0.3) is 0 Å². The molecule has 1 aromatic rings. The second kappa shape index (κ2) is 41.5. The molecule has 0 aliphatic carbocycles. The molecule has 0 bridgehead atoms. The number of aromatic amines is 1. The van der Waals surface area contributed by atoms with Gasteiger partial charge >= 0.3 is 0 Å². The normalized spacial score (nSPS) is 16.7. The molecule has 32 heteroatoms. The van der Waals surface area contributed by atoms with Crippen LogP contribution in [-0.4, -0.2) is 216 Å². The van der Waals surface area contributed by atoms with Crippen LogP contribution in [0.2, 0.25) is 0 Å². The number of amides is 10. The summed E-state index contributed by atoms with van der Waals surface area (Å²) in [5, 5.41) is 44.5. The Labute approximate surface area is 490 Å². The minimum atomic E-state index is -1.82. The van der Waals surface area contributed by atoms with Crippen LogP contribution in [-0.2, 0) is 54.4 Å². The number of unbranched alkanes of at least 4 members (excludes halogenated alkanes) is 4. The van der Waals surface area contributed by atoms with Crippen molar-refractivity contribution in [2.24, 2.45) is 45.9 Å². The first-order valence-electron chi connectivity index (χ1n) is 29.2. The third-order valence-electron chi connectivity index (χ3n) is 14.1. The number of hydrogen-bond donors (Lipinski definition) is 20. The van der Waals surface area contributed by atoms with E-state index in [-0.39, 0.29) is 70.5 Å². The van der Waals surface area contributed by atoms with Gasteiger partial charge in [-0.15, -0.1) is 0 Å². The van der Waals surface area contributed by atoms with E-state index in [1.54, 1.807) is 6.92 Å². The number of carbonyl (C=O) groups excluding carboxylic acids is 10. The van der Waals surface area contributed by atoms with Gasteiger partial charge in [-0.2, -0.15) is 0 Å². The molecular formula is C52H98N20O12. The maximum atomic E-state index is 14.4. The van der Waals surface area contributed by atoms with Crippen molar-refractivity contribution < 1.29 is 58.2 Å². The van der Waals surface area contributed by atoms with Gasteiger partial charge in [0.1, 0.15) is 48.3 Å². The topological polar surface area (TPSA) is 560 Å². The summed E-state index contributed by atoms with van der Waals surface area (Å²) in [6.45, 7) is 1.85. The molecule has 1 aliphatic heterocycles. The summed E-state index contributed by atoms with van der Waals surface area (Å²) >= 11 is 0. The minimum Gasteiger partial charge on any atom is -0.389 e. The van der Waals surface area contributed by atoms with E-state index in [0.717, 1.165) is 0 Å². The lowest BCUT2D eigenvalue weighted by atomic mass is 10.0. The summed E-state index contributed by atoms with van der Waals surface area (Å²) < 4.78 is 0. The summed E-state index contributed by atoms with van der Waals surface area (Å²) in [5.74, 6) is -7.85. The Bertz CT molecular complexity index is 2180. The number of likely N-dealkylation sites (tertiary alicyclic amines) is 1. The number of aliphatic hydroxyl groups excluding tert-OH is 2. The molecular weight excluding hydrogens is 1100 g/mol. The fourth-order valence-electron chi connectivity index (χ4n) is 9.08. The molecule has 0 spiro atoms. The lowest BCUT2D eigenvalue weighted by molar-refractivity contribution is -0.142. The second-order valence-corrected chi connectivity index (χ2v) is 20.7. The molecule has 478 valence electrons. The van der Waals surface area contributed by atoms with E-state index in [4.69, 9.17) is 45.9 Å². The number of nitrogens with one attached hydrogen (secondary N) is 10. The van der Waals surface area contributed by atoms with Gasteiger partial charge in [-0.1, -0.05) is 13.3 Å². The van der Waals surface area contributed by atoms with E-state index < -0.39 is 139 Å². The predicted molar refractivity (Wildman–Crippen MR) is 310 cm³/mol. The lowest BCUT2D eigenvalue weighted by Gasteiger charge is -2.30. The molecule has 2 heterocycles. The van der Waals surface area contributed by atoms with Gasteiger partial charge in [0.2, 0.25) is 59.1 Å². The quantitative estimate of drug-likeness (QED) is 0.0270. The Morgan fingerprint density at radius 3 is 1.64 bits per heavy atom. The molecule has 1 aromatic heterocycles. The highest BCUT2D eigenvalue weighted by Crippen LogP contribution is 2.21. The molecule has 1 fully saturated rings. The van der Waals surface area contributed by atoms with Crippen molar-refractivity contribution in [3.05, 3.63) is 18.2 Å². The number of H-pyrrole nitrogens is 1. The number of hydrogen-bond acceptors (Lipinski definition) is 21. The van der Waals surface area contributed by atoms with Crippen LogP contribution in [0, 0.1) is 0 Å². The van der Waals surface area contributed by atoms with Gasteiger partial charge in [-0.3, -0.25) is 47.9 Å². The molecule has 1 saturated heterocycles. The van der Waals surface area contributed by atoms with E-state index in [9.17, 15) is 58.2 Å². The molecule has 11 atom stereocenters. The van der Waals surface area contributed by atoms with Crippen molar-refractivity contribution in [1.82, 2.24) is 62.7 Å². The number of aliphatic hydroxyl groups is 2. The highest BCUT2D eigenvalue weighted by atomic mass is 16.3. The third kappa shape index (κ3) is 26.2. The van der Waals surface area contributed by atoms with Crippen molar-refractivity contribution in [3.8, 4) is 0 Å². The SMILES string of the molecule is CCC(NC(=O)[C@H](CCCCN)NC(=O)[C@H](Cc1cnc[nH]1)NC(=O)[C@@H]1CCCN1C(=O)[C@@H](CCCN)NC(=O)CNC(=O)[C@@H](NC(=O)[C@@H](NC(=O)[C@@H](N)CCCCN)[C@@H](O)CN)[C@@H](O)CN)C(=O)N[C@@H](CCCCN)C(=O)NCCCCN. The van der Waals surface area contributed by atoms with E-state index in [1.165, 1.54) is 17.4 Å². The van der Waals surface area contributed by atoms with E-state index in [0.29, 0.717) is 96.1 Å². The fourth-order valence-corrected chi connectivity index (χ4v) is 9.08. The minimum absolute atomic E-state index is 0.00295. The Balaban J connectivity index is 2.29.